The summed E-state index contributed by atoms with van der Waals surface area (Å²) in [6.07, 6.45) is 0.241. The number of urea groups is 1. The Bertz CT molecular complexity index is 1490. The summed E-state index contributed by atoms with van der Waals surface area (Å²) in [5, 5.41) is 6.43. The molecule has 0 spiro atoms. The minimum absolute atomic E-state index is 0.00669. The summed E-state index contributed by atoms with van der Waals surface area (Å²) in [6, 6.07) is -0.877. The predicted molar refractivity (Wildman–Crippen MR) is 129 cm³/mol. The molecule has 3 atom stereocenters. The number of rotatable bonds is 6. The standard InChI is InChI=1S/C23H21F3N10O4/c1-11-4-14(33-40-11)9-35-20(38)17-18(34(3)22(35)39)30-10-36(17)12(2)19(37)32-16-8-27-7-15(31-16)13-5-28-21(29-6-13)23(24,25)26/h4-8,10,12,17-18H,9H2,1-3H3,(H,31,32,37)/t12-,17?,18?/m0/s1. The molecule has 2 aliphatic rings. The highest BCUT2D eigenvalue weighted by Crippen LogP contribution is 2.29. The molecular formula is C23H21F3N10O4. The van der Waals surface area contributed by atoms with E-state index in [4.69, 9.17) is 4.52 Å². The Morgan fingerprint density at radius 2 is 1.90 bits per heavy atom. The Balaban J connectivity index is 1.30. The van der Waals surface area contributed by atoms with Crippen molar-refractivity contribution in [2.45, 2.75) is 44.8 Å². The largest absolute Gasteiger partial charge is 0.451 e. The first-order valence-corrected chi connectivity index (χ1v) is 11.8. The van der Waals surface area contributed by atoms with Crippen LogP contribution in [0.3, 0.4) is 0 Å². The third kappa shape index (κ3) is 4.92. The monoisotopic (exact) mass is 558 g/mol. The number of aliphatic imine (C=N–C) groups is 1. The van der Waals surface area contributed by atoms with Crippen molar-refractivity contribution in [1.82, 2.24) is 39.8 Å². The molecule has 0 saturated carbocycles. The highest BCUT2D eigenvalue weighted by molar-refractivity contribution is 6.03. The highest BCUT2D eigenvalue weighted by atomic mass is 19.4. The average molecular weight is 558 g/mol. The number of aromatic nitrogens is 5. The van der Waals surface area contributed by atoms with Gasteiger partial charge in [-0.25, -0.2) is 24.7 Å². The molecule has 3 aromatic rings. The molecule has 0 bridgehead atoms. The molecule has 208 valence electrons. The number of nitrogens with one attached hydrogen (secondary N) is 1. The lowest BCUT2D eigenvalue weighted by molar-refractivity contribution is -0.145. The number of carbonyl (C=O) groups excluding carboxylic acids is 3. The number of aryl methyl sites for hydroxylation is 1. The zero-order valence-electron chi connectivity index (χ0n) is 21.2. The lowest BCUT2D eigenvalue weighted by atomic mass is 10.1. The first-order valence-electron chi connectivity index (χ1n) is 11.8. The van der Waals surface area contributed by atoms with Gasteiger partial charge in [0, 0.05) is 31.1 Å². The van der Waals surface area contributed by atoms with Crippen LogP contribution in [0, 0.1) is 6.92 Å². The molecule has 0 aliphatic carbocycles. The molecule has 5 heterocycles. The molecule has 3 aromatic heterocycles. The molecule has 1 saturated heterocycles. The van der Waals surface area contributed by atoms with Crippen molar-refractivity contribution in [3.8, 4) is 11.3 Å². The van der Waals surface area contributed by atoms with E-state index in [1.54, 1.807) is 19.9 Å². The number of alkyl halides is 3. The van der Waals surface area contributed by atoms with E-state index >= 15 is 0 Å². The lowest BCUT2D eigenvalue weighted by Crippen LogP contribution is -2.66. The van der Waals surface area contributed by atoms with Crippen LogP contribution in [0.5, 0.6) is 0 Å². The number of nitrogens with zero attached hydrogens (tertiary/aromatic N) is 9. The molecule has 40 heavy (non-hydrogen) atoms. The summed E-state index contributed by atoms with van der Waals surface area (Å²) < 4.78 is 43.3. The Kier molecular flexibility index (Phi) is 6.64. The SMILES string of the molecule is Cc1cc(CN2C(=O)C3C(N=CN3[C@@H](C)C(=O)Nc3cncc(-c4cnc(C(F)(F)F)nc4)n3)N(C)C2=O)no1. The van der Waals surface area contributed by atoms with Crippen LogP contribution in [0.2, 0.25) is 0 Å². The Labute approximate surface area is 223 Å². The number of hydrogen-bond donors (Lipinski definition) is 1. The molecule has 0 aromatic carbocycles. The van der Waals surface area contributed by atoms with Crippen LogP contribution >= 0.6 is 0 Å². The van der Waals surface area contributed by atoms with Gasteiger partial charge in [-0.3, -0.25) is 19.5 Å². The molecule has 1 N–H and O–H groups in total. The topological polar surface area (TPSA) is 163 Å². The van der Waals surface area contributed by atoms with E-state index in [9.17, 15) is 27.6 Å². The fraction of sp³-hybridized carbons (Fsp3) is 0.348. The van der Waals surface area contributed by atoms with E-state index in [1.165, 1.54) is 35.6 Å². The van der Waals surface area contributed by atoms with E-state index in [1.807, 2.05) is 0 Å². The van der Waals surface area contributed by atoms with Crippen molar-refractivity contribution < 1.29 is 32.1 Å². The molecule has 14 nitrogen and oxygen atoms in total. The van der Waals surface area contributed by atoms with E-state index in [0.717, 1.165) is 17.3 Å². The summed E-state index contributed by atoms with van der Waals surface area (Å²) in [5.41, 5.74) is 0.671. The van der Waals surface area contributed by atoms with Crippen LogP contribution in [-0.4, -0.2) is 89.3 Å². The van der Waals surface area contributed by atoms with Gasteiger partial charge in [0.05, 0.1) is 31.0 Å². The second-order valence-electron chi connectivity index (χ2n) is 9.06. The minimum Gasteiger partial charge on any atom is -0.361 e. The van der Waals surface area contributed by atoms with Gasteiger partial charge in [0.25, 0.3) is 5.91 Å². The van der Waals surface area contributed by atoms with Gasteiger partial charge in [-0.1, -0.05) is 5.16 Å². The van der Waals surface area contributed by atoms with E-state index in [-0.39, 0.29) is 23.6 Å². The molecule has 17 heteroatoms. The third-order valence-corrected chi connectivity index (χ3v) is 6.32. The number of likely N-dealkylation sites (N-methyl/N-ethyl adjacent to an activating group) is 1. The summed E-state index contributed by atoms with van der Waals surface area (Å²) in [5.74, 6) is -1.91. The quantitative estimate of drug-likeness (QED) is 0.471. The van der Waals surface area contributed by atoms with Crippen molar-refractivity contribution in [3.05, 3.63) is 48.1 Å². The zero-order chi connectivity index (χ0) is 28.8. The van der Waals surface area contributed by atoms with Crippen LogP contribution in [0.15, 0.2) is 40.4 Å². The van der Waals surface area contributed by atoms with Gasteiger partial charge in [-0.15, -0.1) is 0 Å². The summed E-state index contributed by atoms with van der Waals surface area (Å²) in [7, 11) is 1.51. The van der Waals surface area contributed by atoms with Gasteiger partial charge >= 0.3 is 12.2 Å². The number of imide groups is 1. The first kappa shape index (κ1) is 26.6. The summed E-state index contributed by atoms with van der Waals surface area (Å²) >= 11 is 0. The van der Waals surface area contributed by atoms with Crippen molar-refractivity contribution in [2.24, 2.45) is 4.99 Å². The van der Waals surface area contributed by atoms with Crippen LogP contribution in [0.4, 0.5) is 23.8 Å². The van der Waals surface area contributed by atoms with E-state index < -0.39 is 48.1 Å². The third-order valence-electron chi connectivity index (χ3n) is 6.32. The normalized spacial score (nSPS) is 19.7. The number of halogens is 3. The maximum Gasteiger partial charge on any atom is 0.451 e. The molecule has 2 aliphatic heterocycles. The van der Waals surface area contributed by atoms with E-state index in [0.29, 0.717) is 11.5 Å². The molecule has 1 fully saturated rings. The second kappa shape index (κ2) is 9.97. The Morgan fingerprint density at radius 1 is 1.18 bits per heavy atom. The zero-order valence-corrected chi connectivity index (χ0v) is 21.2. The fourth-order valence-electron chi connectivity index (χ4n) is 4.26. The van der Waals surface area contributed by atoms with E-state index in [2.05, 4.69) is 35.4 Å². The number of anilines is 1. The van der Waals surface area contributed by atoms with Gasteiger partial charge in [0.1, 0.15) is 17.5 Å². The number of amides is 4. The Morgan fingerprint density at radius 3 is 2.55 bits per heavy atom. The predicted octanol–water partition coefficient (Wildman–Crippen LogP) is 1.71. The van der Waals surface area contributed by atoms with Gasteiger partial charge in [0.15, 0.2) is 18.0 Å². The highest BCUT2D eigenvalue weighted by Gasteiger charge is 2.51. The van der Waals surface area contributed by atoms with Crippen molar-refractivity contribution in [2.75, 3.05) is 12.4 Å². The molecule has 5 rings (SSSR count). The second-order valence-corrected chi connectivity index (χ2v) is 9.06. The molecular weight excluding hydrogens is 537 g/mol. The Hall–Kier alpha value is -4.96. The molecule has 4 amide bonds. The lowest BCUT2D eigenvalue weighted by Gasteiger charge is -2.42. The van der Waals surface area contributed by atoms with Crippen molar-refractivity contribution in [3.63, 3.8) is 0 Å². The van der Waals surface area contributed by atoms with Gasteiger partial charge in [0.2, 0.25) is 11.7 Å². The van der Waals surface area contributed by atoms with Crippen LogP contribution in [0.1, 0.15) is 24.2 Å². The maximum atomic E-state index is 13.4. The maximum absolute atomic E-state index is 13.4. The van der Waals surface area contributed by atoms with Gasteiger partial charge in [-0.2, -0.15) is 13.2 Å². The fourth-order valence-corrected chi connectivity index (χ4v) is 4.26. The van der Waals surface area contributed by atoms with Gasteiger partial charge < -0.3 is 19.6 Å². The first-order chi connectivity index (χ1) is 18.9. The van der Waals surface area contributed by atoms with Gasteiger partial charge in [-0.05, 0) is 13.8 Å². The molecule has 0 radical (unpaired) electrons. The molecule has 2 unspecified atom stereocenters. The minimum atomic E-state index is -4.69. The number of fused-ring (bicyclic) bond motifs is 1. The summed E-state index contributed by atoms with van der Waals surface area (Å²) in [4.78, 5) is 62.3. The van der Waals surface area contributed by atoms with Crippen molar-refractivity contribution >= 4 is 30.0 Å². The van der Waals surface area contributed by atoms with Crippen LogP contribution in [-0.2, 0) is 22.3 Å². The summed E-state index contributed by atoms with van der Waals surface area (Å²) in [6.45, 7) is 3.11. The van der Waals surface area contributed by atoms with Crippen molar-refractivity contribution in [1.29, 1.82) is 0 Å². The average Bonchev–Trinajstić information content (AvgIpc) is 3.55. The van der Waals surface area contributed by atoms with Crippen LogP contribution < -0.4 is 5.32 Å². The van der Waals surface area contributed by atoms with Crippen LogP contribution in [0.25, 0.3) is 11.3 Å². The smallest absolute Gasteiger partial charge is 0.361 e. The number of hydrogen-bond acceptors (Lipinski definition) is 11. The number of carbonyl (C=O) groups is 3.